The molecule has 0 N–H and O–H groups in total. The smallest absolute Gasteiger partial charge is 0.330 e. The summed E-state index contributed by atoms with van der Waals surface area (Å²) >= 11 is 0. The molecule has 0 amide bonds. The number of nitrogens with zero attached hydrogens (tertiary/aromatic N) is 2. The molecule has 0 bridgehead atoms. The molecule has 0 fully saturated rings. The topological polar surface area (TPSA) is 95.8 Å². The first-order valence-corrected chi connectivity index (χ1v) is 27.3. The van der Waals surface area contributed by atoms with Crippen molar-refractivity contribution in [3.63, 3.8) is 0 Å². The Balaban J connectivity index is 0.840. The zero-order chi connectivity index (χ0) is 54.6. The summed E-state index contributed by atoms with van der Waals surface area (Å²) in [5, 5.41) is 9.07. The van der Waals surface area contributed by atoms with Gasteiger partial charge in [0.15, 0.2) is 0 Å². The van der Waals surface area contributed by atoms with Gasteiger partial charge in [0.25, 0.3) is 0 Å². The van der Waals surface area contributed by atoms with Gasteiger partial charge < -0.3 is 18.9 Å². The van der Waals surface area contributed by atoms with Gasteiger partial charge in [0.1, 0.15) is 37.9 Å². The van der Waals surface area contributed by atoms with Crippen molar-refractivity contribution in [2.75, 3.05) is 26.4 Å². The predicted octanol–water partition coefficient (Wildman–Crippen LogP) is 15.9. The summed E-state index contributed by atoms with van der Waals surface area (Å²) < 4.78 is 22.0. The Labute approximate surface area is 468 Å². The van der Waals surface area contributed by atoms with Gasteiger partial charge in [-0.3, -0.25) is 9.98 Å². The molecule has 8 heteroatoms. The minimum Gasteiger partial charge on any atom is -0.490 e. The van der Waals surface area contributed by atoms with E-state index in [2.05, 4.69) is 195 Å². The van der Waals surface area contributed by atoms with Gasteiger partial charge >= 0.3 is 11.9 Å². The van der Waals surface area contributed by atoms with Gasteiger partial charge in [0.05, 0.1) is 28.2 Å². The molecule has 81 heavy (non-hydrogen) atoms. The van der Waals surface area contributed by atoms with Crippen LogP contribution in [0.2, 0.25) is 0 Å². The third-order valence-corrected chi connectivity index (χ3v) is 16.2. The van der Waals surface area contributed by atoms with Crippen LogP contribution >= 0.6 is 0 Å². The Hall–Kier alpha value is -10.2. The van der Waals surface area contributed by atoms with E-state index in [1.54, 1.807) is 0 Å². The lowest BCUT2D eigenvalue weighted by Crippen LogP contribution is -2.29. The largest absolute Gasteiger partial charge is 0.490 e. The minimum absolute atomic E-state index is 0.145. The number of benzene rings is 11. The highest BCUT2D eigenvalue weighted by atomic mass is 16.6. The fourth-order valence-corrected chi connectivity index (χ4v) is 12.3. The van der Waals surface area contributed by atoms with Crippen molar-refractivity contribution in [2.24, 2.45) is 9.98 Å². The van der Waals surface area contributed by atoms with Gasteiger partial charge in [0, 0.05) is 25.0 Å². The molecule has 11 aromatic carbocycles. The van der Waals surface area contributed by atoms with E-state index in [-0.39, 0.29) is 26.4 Å². The maximum Gasteiger partial charge on any atom is 0.330 e. The summed E-state index contributed by atoms with van der Waals surface area (Å²) in [7, 11) is 0. The third-order valence-electron chi connectivity index (χ3n) is 16.2. The van der Waals surface area contributed by atoms with Crippen molar-refractivity contribution in [1.29, 1.82) is 0 Å². The Bertz CT molecular complexity index is 4350. The van der Waals surface area contributed by atoms with Gasteiger partial charge in [0.2, 0.25) is 0 Å². The molecule has 0 saturated heterocycles. The maximum atomic E-state index is 11.5. The van der Waals surface area contributed by atoms with Crippen LogP contribution in [0.1, 0.15) is 44.5 Å². The molecular weight excluding hydrogens is 1000 g/mol. The first kappa shape index (κ1) is 49.1. The fourth-order valence-electron chi connectivity index (χ4n) is 12.3. The lowest BCUT2D eigenvalue weighted by atomic mass is 9.66. The summed E-state index contributed by atoms with van der Waals surface area (Å²) in [6.45, 7) is 7.69. The normalized spacial score (nSPS) is 13.5. The van der Waals surface area contributed by atoms with E-state index in [9.17, 15) is 9.59 Å². The molecule has 0 radical (unpaired) electrons. The summed E-state index contributed by atoms with van der Waals surface area (Å²) in [6, 6.07) is 75.0. The standard InChI is InChI=1S/C73H52N2O6/c1-3-71(76)80-31-29-78-61-24-19-50-34-55(17-15-52(50)38-61)69-43-57-36-59(22-27-67(57)74-69)73(60-23-28-68-58(37-60)44-70(75-68)56-18-16-53-39-62(25-20-51(53)35-56)79-30-32-81-72(77)4-2)65-26-21-54(49-14-13-45-9-5-6-10-46(45)33-49)41-63(65)64-40-47-11-7-8-12-48(47)42-66(64)73/h3-28,33-42H,1-2,29-32,43-44H2. The molecule has 390 valence electrons. The van der Waals surface area contributed by atoms with Crippen LogP contribution in [-0.2, 0) is 37.3 Å². The molecule has 11 aromatic rings. The number of hydrogen-bond acceptors (Lipinski definition) is 8. The van der Waals surface area contributed by atoms with Crippen LogP contribution in [0.25, 0.3) is 65.3 Å². The molecule has 0 aromatic heterocycles. The van der Waals surface area contributed by atoms with Crippen LogP contribution < -0.4 is 9.47 Å². The van der Waals surface area contributed by atoms with Crippen molar-refractivity contribution in [3.05, 3.63) is 276 Å². The van der Waals surface area contributed by atoms with Gasteiger partial charge in [-0.25, -0.2) is 9.59 Å². The van der Waals surface area contributed by atoms with Gasteiger partial charge in [-0.2, -0.15) is 0 Å². The Morgan fingerprint density at radius 3 is 1.41 bits per heavy atom. The average Bonchev–Trinajstić information content (AvgIpc) is 2.96. The van der Waals surface area contributed by atoms with E-state index < -0.39 is 17.4 Å². The summed E-state index contributed by atoms with van der Waals surface area (Å²) in [5.41, 5.74) is 17.5. The highest BCUT2D eigenvalue weighted by molar-refractivity contribution is 6.10. The Morgan fingerprint density at radius 1 is 0.407 bits per heavy atom. The number of aliphatic imine (C=N–C) groups is 2. The van der Waals surface area contributed by atoms with E-state index in [0.717, 1.165) is 67.6 Å². The lowest BCUT2D eigenvalue weighted by Gasteiger charge is -2.35. The quantitative estimate of drug-likeness (QED) is 0.0577. The number of hydrogen-bond donors (Lipinski definition) is 0. The van der Waals surface area contributed by atoms with Gasteiger partial charge in [-0.1, -0.05) is 147 Å². The van der Waals surface area contributed by atoms with Crippen molar-refractivity contribution in [1.82, 2.24) is 0 Å². The first-order valence-electron chi connectivity index (χ1n) is 27.3. The second-order valence-electron chi connectivity index (χ2n) is 20.9. The van der Waals surface area contributed by atoms with Crippen LogP contribution in [0, 0.1) is 0 Å². The summed E-state index contributed by atoms with van der Waals surface area (Å²) in [6.07, 6.45) is 3.66. The number of carbonyl (C=O) groups excluding carboxylic acids is 2. The average molecular weight is 1050 g/mol. The monoisotopic (exact) mass is 1050 g/mol. The zero-order valence-electron chi connectivity index (χ0n) is 44.3. The van der Waals surface area contributed by atoms with E-state index in [4.69, 9.17) is 28.9 Å². The van der Waals surface area contributed by atoms with Gasteiger partial charge in [-0.15, -0.1) is 0 Å². The van der Waals surface area contributed by atoms with E-state index in [1.165, 1.54) is 77.2 Å². The fraction of sp³-hybridized carbons (Fsp3) is 0.0959. The van der Waals surface area contributed by atoms with E-state index in [0.29, 0.717) is 24.3 Å². The van der Waals surface area contributed by atoms with Crippen molar-refractivity contribution in [2.45, 2.75) is 18.3 Å². The van der Waals surface area contributed by atoms with Gasteiger partial charge in [-0.05, 0) is 183 Å². The molecule has 14 rings (SSSR count). The van der Waals surface area contributed by atoms with Crippen molar-refractivity contribution < 1.29 is 28.5 Å². The zero-order valence-corrected chi connectivity index (χ0v) is 44.3. The SMILES string of the molecule is C=CC(=O)OCCOc1ccc2cc(C3=Nc4ccc(C5(c6ccc7c(c6)CC(c6ccc8cc(OCCOC(=O)C=C)ccc8c6)=N7)c6ccc(-c7ccc8ccccc8c7)cc6-c6cc7ccccc7cc65)cc4C3)ccc2c1. The molecule has 0 atom stereocenters. The number of rotatable bonds is 15. The number of esters is 2. The number of fused-ring (bicyclic) bond motifs is 9. The molecule has 2 heterocycles. The molecule has 0 saturated carbocycles. The van der Waals surface area contributed by atoms with Crippen LogP contribution in [0.15, 0.2) is 242 Å². The summed E-state index contributed by atoms with van der Waals surface area (Å²) in [5.74, 6) is 0.474. The Kier molecular flexibility index (Phi) is 12.3. The molecule has 0 unspecified atom stereocenters. The number of carbonyl (C=O) groups is 2. The predicted molar refractivity (Wildman–Crippen MR) is 325 cm³/mol. The molecule has 0 spiro atoms. The highest BCUT2D eigenvalue weighted by Gasteiger charge is 2.47. The second-order valence-corrected chi connectivity index (χ2v) is 20.9. The molecular formula is C73H52N2O6. The highest BCUT2D eigenvalue weighted by Crippen LogP contribution is 2.59. The maximum absolute atomic E-state index is 11.5. The Morgan fingerprint density at radius 2 is 0.840 bits per heavy atom. The number of ether oxygens (including phenoxy) is 4. The lowest BCUT2D eigenvalue weighted by molar-refractivity contribution is -0.139. The summed E-state index contributed by atoms with van der Waals surface area (Å²) in [4.78, 5) is 33.6. The van der Waals surface area contributed by atoms with E-state index in [1.807, 2.05) is 24.3 Å². The van der Waals surface area contributed by atoms with Crippen LogP contribution in [0.4, 0.5) is 11.4 Å². The molecule has 1 aliphatic carbocycles. The van der Waals surface area contributed by atoms with Crippen molar-refractivity contribution in [3.8, 4) is 33.8 Å². The van der Waals surface area contributed by atoms with Crippen LogP contribution in [0.5, 0.6) is 11.5 Å². The van der Waals surface area contributed by atoms with Crippen LogP contribution in [-0.4, -0.2) is 49.8 Å². The van der Waals surface area contributed by atoms with E-state index >= 15 is 0 Å². The van der Waals surface area contributed by atoms with Crippen LogP contribution in [0.3, 0.4) is 0 Å². The molecule has 8 nitrogen and oxygen atoms in total. The third kappa shape index (κ3) is 8.91. The first-order chi connectivity index (χ1) is 39.8. The van der Waals surface area contributed by atoms with Crippen molar-refractivity contribution >= 4 is 77.8 Å². The molecule has 3 aliphatic rings. The minimum atomic E-state index is -0.710. The molecule has 2 aliphatic heterocycles. The second kappa shape index (κ2) is 20.2.